The van der Waals surface area contributed by atoms with Gasteiger partial charge in [0.2, 0.25) is 11.7 Å². The van der Waals surface area contributed by atoms with Gasteiger partial charge in [-0.1, -0.05) is 0 Å². The first-order valence-electron chi connectivity index (χ1n) is 11.3. The zero-order chi connectivity index (χ0) is 25.1. The molecule has 0 spiro atoms. The largest absolute Gasteiger partial charge is 0.618 e. The van der Waals surface area contributed by atoms with Crippen LogP contribution in [0.25, 0.3) is 21.9 Å². The summed E-state index contributed by atoms with van der Waals surface area (Å²) in [5.41, 5.74) is 0.115. The summed E-state index contributed by atoms with van der Waals surface area (Å²) < 4.78 is 19.1. The first-order valence-corrected chi connectivity index (χ1v) is 11.3. The predicted molar refractivity (Wildman–Crippen MR) is 128 cm³/mol. The van der Waals surface area contributed by atoms with Gasteiger partial charge in [-0.3, -0.25) is 0 Å². The number of nitrogens with zero attached hydrogens (tertiary/aromatic N) is 3. The Morgan fingerprint density at radius 2 is 2.00 bits per heavy atom. The third kappa shape index (κ3) is 6.48. The van der Waals surface area contributed by atoms with Gasteiger partial charge in [0.25, 0.3) is 0 Å². The van der Waals surface area contributed by atoms with E-state index in [1.54, 1.807) is 52.8 Å². The molecule has 0 atom stereocenters. The average molecular weight is 475 g/mol. The molecule has 10 nitrogen and oxygen atoms in total. The topological polar surface area (TPSA) is 122 Å². The molecule has 2 N–H and O–H groups in total. The molecule has 2 heterocycles. The summed E-state index contributed by atoms with van der Waals surface area (Å²) in [7, 11) is 0. The summed E-state index contributed by atoms with van der Waals surface area (Å²) >= 11 is 0. The lowest BCUT2D eigenvalue weighted by molar-refractivity contribution is -0.575. The number of amides is 1. The summed E-state index contributed by atoms with van der Waals surface area (Å²) in [5, 5.41) is 26.6. The van der Waals surface area contributed by atoms with Crippen LogP contribution < -0.4 is 14.8 Å². The number of aromatic nitrogens is 3. The molecule has 0 aliphatic heterocycles. The molecule has 1 amide bonds. The van der Waals surface area contributed by atoms with Crippen LogP contribution in [0.5, 0.6) is 5.75 Å². The smallest absolute Gasteiger partial charge is 0.407 e. The summed E-state index contributed by atoms with van der Waals surface area (Å²) in [5.74, 6) is 1.13. The van der Waals surface area contributed by atoms with E-state index in [4.69, 9.17) is 14.2 Å². The van der Waals surface area contributed by atoms with Crippen LogP contribution in [-0.4, -0.2) is 51.7 Å². The molecule has 0 aliphatic carbocycles. The van der Waals surface area contributed by atoms with Crippen molar-refractivity contribution < 1.29 is 28.8 Å². The van der Waals surface area contributed by atoms with E-state index in [1.807, 2.05) is 11.5 Å². The van der Waals surface area contributed by atoms with Crippen molar-refractivity contribution in [3.63, 3.8) is 0 Å². The number of aliphatic hydroxyl groups is 1. The van der Waals surface area contributed by atoms with E-state index in [0.717, 1.165) is 10.2 Å². The fourth-order valence-corrected chi connectivity index (χ4v) is 3.55. The van der Waals surface area contributed by atoms with Gasteiger partial charge in [0.1, 0.15) is 30.4 Å². The number of carbonyl (C=O) groups is 1. The number of imidazole rings is 1. The standard InChI is InChI=1S/C24H34N4O6/c1-7-32-14-20-26-18-13-28(31)19-12-16(33-11-10-25-22(29)34-23(2,3)4)8-9-17(19)21(18)27(20)15-24(5,6)30/h8-9,12-13,30H,7,10-11,14-15H2,1-6H3,(H,25,29). The van der Waals surface area contributed by atoms with Crippen molar-refractivity contribution in [3.05, 3.63) is 35.4 Å². The Balaban J connectivity index is 1.86. The number of benzene rings is 1. The highest BCUT2D eigenvalue weighted by atomic mass is 16.6. The molecule has 0 bridgehead atoms. The van der Waals surface area contributed by atoms with Crippen molar-refractivity contribution in [1.82, 2.24) is 14.9 Å². The van der Waals surface area contributed by atoms with Crippen LogP contribution in [-0.2, 0) is 22.6 Å². The lowest BCUT2D eigenvalue weighted by Gasteiger charge is -2.20. The molecule has 10 heteroatoms. The van der Waals surface area contributed by atoms with Crippen LogP contribution in [0.4, 0.5) is 4.79 Å². The van der Waals surface area contributed by atoms with Crippen molar-refractivity contribution in [1.29, 1.82) is 0 Å². The van der Waals surface area contributed by atoms with Gasteiger partial charge in [-0.25, -0.2) is 9.78 Å². The first kappa shape index (κ1) is 25.5. The van der Waals surface area contributed by atoms with Gasteiger partial charge in [0.15, 0.2) is 5.52 Å². The second-order valence-corrected chi connectivity index (χ2v) is 9.71. The summed E-state index contributed by atoms with van der Waals surface area (Å²) in [6, 6.07) is 5.22. The molecule has 0 radical (unpaired) electrons. The van der Waals surface area contributed by atoms with Gasteiger partial charge in [-0.05, 0) is 53.7 Å². The third-order valence-corrected chi connectivity index (χ3v) is 4.79. The molecule has 186 valence electrons. The molecular formula is C24H34N4O6. The van der Waals surface area contributed by atoms with Gasteiger partial charge in [0.05, 0.1) is 35.7 Å². The Labute approximate surface area is 199 Å². The van der Waals surface area contributed by atoms with Crippen LogP contribution >= 0.6 is 0 Å². The molecule has 0 unspecified atom stereocenters. The van der Waals surface area contributed by atoms with Gasteiger partial charge in [-0.15, -0.1) is 0 Å². The van der Waals surface area contributed by atoms with Crippen molar-refractivity contribution >= 4 is 28.0 Å². The highest BCUT2D eigenvalue weighted by Gasteiger charge is 2.23. The van der Waals surface area contributed by atoms with Gasteiger partial charge < -0.3 is 34.4 Å². The van der Waals surface area contributed by atoms with E-state index < -0.39 is 17.3 Å². The van der Waals surface area contributed by atoms with E-state index >= 15 is 0 Å². The fourth-order valence-electron chi connectivity index (χ4n) is 3.55. The number of carbonyl (C=O) groups excluding carboxylic acids is 1. The minimum Gasteiger partial charge on any atom is -0.618 e. The molecule has 1 aromatic carbocycles. The average Bonchev–Trinajstić information content (AvgIpc) is 3.04. The van der Waals surface area contributed by atoms with Crippen LogP contribution in [0.15, 0.2) is 24.4 Å². The number of alkyl carbamates (subject to hydrolysis) is 1. The molecule has 0 saturated carbocycles. The maximum atomic E-state index is 12.8. The van der Waals surface area contributed by atoms with Crippen molar-refractivity contribution in [2.45, 2.75) is 65.9 Å². The van der Waals surface area contributed by atoms with E-state index in [9.17, 15) is 15.1 Å². The highest BCUT2D eigenvalue weighted by molar-refractivity contribution is 6.01. The number of nitrogens with one attached hydrogen (secondary N) is 1. The zero-order valence-corrected chi connectivity index (χ0v) is 20.7. The number of hydrogen-bond donors (Lipinski definition) is 2. The molecule has 0 aliphatic rings. The normalized spacial score (nSPS) is 12.3. The summed E-state index contributed by atoms with van der Waals surface area (Å²) in [6.45, 7) is 12.3. The maximum absolute atomic E-state index is 12.8. The molecule has 34 heavy (non-hydrogen) atoms. The minimum absolute atomic E-state index is 0.209. The number of pyridine rings is 1. The quantitative estimate of drug-likeness (QED) is 0.278. The Bertz CT molecular complexity index is 1160. The zero-order valence-electron chi connectivity index (χ0n) is 20.7. The van der Waals surface area contributed by atoms with Gasteiger partial charge in [-0.2, -0.15) is 4.73 Å². The maximum Gasteiger partial charge on any atom is 0.407 e. The SMILES string of the molecule is CCOCc1nc2c[n+]([O-])c3cc(OCCNC(=O)OC(C)(C)C)ccc3c2n1CC(C)(C)O. The van der Waals surface area contributed by atoms with Crippen LogP contribution in [0.2, 0.25) is 0 Å². The number of fused-ring (bicyclic) bond motifs is 3. The second kappa shape index (κ2) is 10.0. The van der Waals surface area contributed by atoms with Crippen LogP contribution in [0.3, 0.4) is 0 Å². The number of hydrogen-bond acceptors (Lipinski definition) is 7. The van der Waals surface area contributed by atoms with Crippen molar-refractivity contribution in [3.8, 4) is 5.75 Å². The number of ether oxygens (including phenoxy) is 3. The molecule has 0 saturated heterocycles. The fraction of sp³-hybridized carbons (Fsp3) is 0.542. The monoisotopic (exact) mass is 474 g/mol. The van der Waals surface area contributed by atoms with E-state index in [2.05, 4.69) is 10.3 Å². The third-order valence-electron chi connectivity index (χ3n) is 4.79. The minimum atomic E-state index is -0.992. The molecular weight excluding hydrogens is 440 g/mol. The second-order valence-electron chi connectivity index (χ2n) is 9.71. The van der Waals surface area contributed by atoms with Crippen molar-refractivity contribution in [2.24, 2.45) is 0 Å². The van der Waals surface area contributed by atoms with E-state index in [1.165, 1.54) is 6.20 Å². The summed E-state index contributed by atoms with van der Waals surface area (Å²) in [4.78, 5) is 16.3. The lowest BCUT2D eigenvalue weighted by Crippen LogP contribution is -2.34. The van der Waals surface area contributed by atoms with Crippen LogP contribution in [0, 0.1) is 5.21 Å². The lowest BCUT2D eigenvalue weighted by atomic mass is 10.1. The first-order chi connectivity index (χ1) is 15.9. The summed E-state index contributed by atoms with van der Waals surface area (Å²) in [6.07, 6.45) is 0.902. The van der Waals surface area contributed by atoms with Gasteiger partial charge in [0, 0.05) is 6.61 Å². The molecule has 3 rings (SSSR count). The predicted octanol–water partition coefficient (Wildman–Crippen LogP) is 3.03. The Morgan fingerprint density at radius 1 is 1.26 bits per heavy atom. The molecule has 2 aromatic heterocycles. The molecule has 0 fully saturated rings. The van der Waals surface area contributed by atoms with Crippen molar-refractivity contribution in [2.75, 3.05) is 19.8 Å². The Kier molecular flexibility index (Phi) is 7.52. The highest BCUT2D eigenvalue weighted by Crippen LogP contribution is 2.28. The Morgan fingerprint density at radius 3 is 2.65 bits per heavy atom. The van der Waals surface area contributed by atoms with E-state index in [-0.39, 0.29) is 19.8 Å². The Hall–Kier alpha value is -3.11. The van der Waals surface area contributed by atoms with Gasteiger partial charge >= 0.3 is 6.09 Å². The van der Waals surface area contributed by atoms with Crippen LogP contribution in [0.1, 0.15) is 47.4 Å². The molecule has 3 aromatic rings. The number of rotatable bonds is 9. The van der Waals surface area contributed by atoms with E-state index in [0.29, 0.717) is 41.1 Å².